The van der Waals surface area contributed by atoms with Gasteiger partial charge in [-0.05, 0) is 38.2 Å². The molecule has 0 spiro atoms. The Morgan fingerprint density at radius 2 is 1.72 bits per heavy atom. The van der Waals surface area contributed by atoms with Crippen LogP contribution in [0.1, 0.15) is 56.9 Å². The van der Waals surface area contributed by atoms with Gasteiger partial charge in [-0.1, -0.05) is 42.0 Å². The number of Topliss-reactive ketones (excluding diaryl/α,β-unsaturated/α-hetero) is 1. The minimum absolute atomic E-state index is 0.410. The van der Waals surface area contributed by atoms with Gasteiger partial charge in [0, 0.05) is 18.8 Å². The van der Waals surface area contributed by atoms with Gasteiger partial charge < -0.3 is 0 Å². The number of ketones is 1. The fraction of sp³-hybridized carbons (Fsp3) is 0.471. The third kappa shape index (κ3) is 3.83. The van der Waals surface area contributed by atoms with Crippen LogP contribution < -0.4 is 0 Å². The molecule has 1 heteroatoms. The van der Waals surface area contributed by atoms with Crippen molar-refractivity contribution in [2.75, 3.05) is 0 Å². The lowest BCUT2D eigenvalue weighted by Crippen LogP contribution is -2.05. The van der Waals surface area contributed by atoms with Gasteiger partial charge in [0.1, 0.15) is 5.78 Å². The standard InChI is InChI=1S/C17H22O/c1-14-7-5-6-10-17(18)12-11-16(13-14)15-8-3-2-4-9-15/h2-4,8-9,13,16H,5-7,10-12H2,1H3/b14-13-/t16-/m0/s1. The van der Waals surface area contributed by atoms with E-state index in [1.165, 1.54) is 11.1 Å². The average molecular weight is 242 g/mol. The van der Waals surface area contributed by atoms with Crippen LogP contribution in [0.3, 0.4) is 0 Å². The molecule has 1 aromatic carbocycles. The van der Waals surface area contributed by atoms with Crippen molar-refractivity contribution < 1.29 is 4.79 Å². The summed E-state index contributed by atoms with van der Waals surface area (Å²) in [6, 6.07) is 10.6. The Morgan fingerprint density at radius 1 is 1.00 bits per heavy atom. The van der Waals surface area contributed by atoms with E-state index in [4.69, 9.17) is 0 Å². The molecule has 18 heavy (non-hydrogen) atoms. The maximum atomic E-state index is 11.7. The van der Waals surface area contributed by atoms with Crippen LogP contribution in [0.4, 0.5) is 0 Å². The lowest BCUT2D eigenvalue weighted by atomic mass is 9.88. The highest BCUT2D eigenvalue weighted by Gasteiger charge is 2.13. The number of carbonyl (C=O) groups excluding carboxylic acids is 1. The summed E-state index contributed by atoms with van der Waals surface area (Å²) in [4.78, 5) is 11.7. The van der Waals surface area contributed by atoms with Crippen molar-refractivity contribution in [1.29, 1.82) is 0 Å². The van der Waals surface area contributed by atoms with Gasteiger partial charge in [0.2, 0.25) is 0 Å². The molecule has 0 N–H and O–H groups in total. The summed E-state index contributed by atoms with van der Waals surface area (Å²) in [6.45, 7) is 2.22. The monoisotopic (exact) mass is 242 g/mol. The van der Waals surface area contributed by atoms with Crippen molar-refractivity contribution in [1.82, 2.24) is 0 Å². The van der Waals surface area contributed by atoms with E-state index < -0.39 is 0 Å². The largest absolute Gasteiger partial charge is 0.300 e. The second-order valence-electron chi connectivity index (χ2n) is 5.31. The Hall–Kier alpha value is -1.37. The van der Waals surface area contributed by atoms with E-state index in [1.807, 2.05) is 6.07 Å². The van der Waals surface area contributed by atoms with Crippen LogP contribution in [0.2, 0.25) is 0 Å². The summed E-state index contributed by atoms with van der Waals surface area (Å²) in [7, 11) is 0. The third-order valence-corrected chi connectivity index (χ3v) is 3.72. The van der Waals surface area contributed by atoms with Crippen LogP contribution in [-0.4, -0.2) is 5.78 Å². The Labute approximate surface area is 110 Å². The first-order valence-corrected chi connectivity index (χ1v) is 6.99. The molecule has 1 aliphatic carbocycles. The first-order valence-electron chi connectivity index (χ1n) is 6.99. The summed E-state index contributed by atoms with van der Waals surface area (Å²) in [5.74, 6) is 0.845. The van der Waals surface area contributed by atoms with Crippen LogP contribution in [-0.2, 0) is 4.79 Å². The van der Waals surface area contributed by atoms with Crippen molar-refractivity contribution >= 4 is 5.78 Å². The second-order valence-corrected chi connectivity index (χ2v) is 5.31. The van der Waals surface area contributed by atoms with Crippen molar-refractivity contribution in [2.24, 2.45) is 0 Å². The van der Waals surface area contributed by atoms with E-state index in [9.17, 15) is 4.79 Å². The SMILES string of the molecule is C/C1=C/[C@@H](c2ccccc2)CCC(=O)CCCC1. The van der Waals surface area contributed by atoms with Crippen molar-refractivity contribution in [3.05, 3.63) is 47.5 Å². The first-order chi connectivity index (χ1) is 8.75. The Kier molecular flexibility index (Phi) is 4.74. The maximum absolute atomic E-state index is 11.7. The predicted octanol–water partition coefficient (Wildman–Crippen LogP) is 4.64. The summed E-state index contributed by atoms with van der Waals surface area (Å²) < 4.78 is 0. The maximum Gasteiger partial charge on any atom is 0.132 e. The van der Waals surface area contributed by atoms with Crippen LogP contribution in [0.15, 0.2) is 42.0 Å². The van der Waals surface area contributed by atoms with E-state index in [2.05, 4.69) is 37.3 Å². The topological polar surface area (TPSA) is 17.1 Å². The minimum atomic E-state index is 0.410. The molecule has 1 nitrogen and oxygen atoms in total. The minimum Gasteiger partial charge on any atom is -0.300 e. The van der Waals surface area contributed by atoms with Gasteiger partial charge in [-0.25, -0.2) is 0 Å². The van der Waals surface area contributed by atoms with Gasteiger partial charge in [-0.3, -0.25) is 4.79 Å². The highest BCUT2D eigenvalue weighted by atomic mass is 16.1. The van der Waals surface area contributed by atoms with Gasteiger partial charge in [0.05, 0.1) is 0 Å². The molecule has 2 rings (SSSR count). The molecular formula is C17H22O. The third-order valence-electron chi connectivity index (χ3n) is 3.72. The average Bonchev–Trinajstić information content (AvgIpc) is 2.40. The van der Waals surface area contributed by atoms with Gasteiger partial charge in [0.15, 0.2) is 0 Å². The molecular weight excluding hydrogens is 220 g/mol. The van der Waals surface area contributed by atoms with E-state index >= 15 is 0 Å². The fourth-order valence-corrected chi connectivity index (χ4v) is 2.64. The summed E-state index contributed by atoms with van der Waals surface area (Å²) in [5.41, 5.74) is 2.81. The molecule has 0 saturated heterocycles. The van der Waals surface area contributed by atoms with Gasteiger partial charge >= 0.3 is 0 Å². The second kappa shape index (κ2) is 6.53. The molecule has 0 bridgehead atoms. The number of rotatable bonds is 1. The van der Waals surface area contributed by atoms with E-state index in [-0.39, 0.29) is 0 Å². The van der Waals surface area contributed by atoms with Crippen molar-refractivity contribution in [3.8, 4) is 0 Å². The molecule has 1 aromatic rings. The fourth-order valence-electron chi connectivity index (χ4n) is 2.64. The quantitative estimate of drug-likeness (QED) is 0.656. The molecule has 0 amide bonds. The summed E-state index contributed by atoms with van der Waals surface area (Å²) in [6.07, 6.45) is 8.17. The molecule has 96 valence electrons. The molecule has 1 aliphatic rings. The Balaban J connectivity index is 2.18. The van der Waals surface area contributed by atoms with Gasteiger partial charge in [-0.15, -0.1) is 0 Å². The van der Waals surface area contributed by atoms with E-state index in [0.717, 1.165) is 38.5 Å². The Morgan fingerprint density at radius 3 is 2.50 bits per heavy atom. The molecule has 0 fully saturated rings. The predicted molar refractivity (Wildman–Crippen MR) is 75.6 cm³/mol. The molecule has 0 radical (unpaired) electrons. The number of hydrogen-bond acceptors (Lipinski definition) is 1. The van der Waals surface area contributed by atoms with Crippen LogP contribution in [0.5, 0.6) is 0 Å². The van der Waals surface area contributed by atoms with Gasteiger partial charge in [-0.2, -0.15) is 0 Å². The zero-order chi connectivity index (χ0) is 12.8. The molecule has 0 unspecified atom stereocenters. The first kappa shape index (κ1) is 13.1. The summed E-state index contributed by atoms with van der Waals surface area (Å²) >= 11 is 0. The van der Waals surface area contributed by atoms with E-state index in [1.54, 1.807) is 0 Å². The van der Waals surface area contributed by atoms with Crippen LogP contribution in [0.25, 0.3) is 0 Å². The molecule has 0 saturated carbocycles. The van der Waals surface area contributed by atoms with Crippen LogP contribution in [0, 0.1) is 0 Å². The van der Waals surface area contributed by atoms with Crippen molar-refractivity contribution in [2.45, 2.75) is 51.4 Å². The molecule has 0 heterocycles. The smallest absolute Gasteiger partial charge is 0.132 e. The highest BCUT2D eigenvalue weighted by molar-refractivity contribution is 5.78. The molecule has 0 aliphatic heterocycles. The number of allylic oxidation sites excluding steroid dienone is 2. The van der Waals surface area contributed by atoms with Crippen molar-refractivity contribution in [3.63, 3.8) is 0 Å². The number of carbonyl (C=O) groups is 1. The van der Waals surface area contributed by atoms with E-state index in [0.29, 0.717) is 11.7 Å². The lowest BCUT2D eigenvalue weighted by molar-refractivity contribution is -0.119. The number of benzene rings is 1. The number of hydrogen-bond donors (Lipinski definition) is 0. The molecule has 1 atom stereocenters. The summed E-state index contributed by atoms with van der Waals surface area (Å²) in [5, 5.41) is 0. The zero-order valence-corrected chi connectivity index (χ0v) is 11.2. The Bertz CT molecular complexity index is 416. The molecule has 0 aromatic heterocycles. The van der Waals surface area contributed by atoms with Crippen LogP contribution >= 0.6 is 0 Å². The van der Waals surface area contributed by atoms with Gasteiger partial charge in [0.25, 0.3) is 0 Å². The lowest BCUT2D eigenvalue weighted by Gasteiger charge is -2.16. The zero-order valence-electron chi connectivity index (χ0n) is 11.2. The highest BCUT2D eigenvalue weighted by Crippen LogP contribution is 2.27. The normalized spacial score (nSPS) is 25.3.